The van der Waals surface area contributed by atoms with Crippen LogP contribution in [-0.4, -0.2) is 29.6 Å². The number of rotatable bonds is 2. The zero-order chi connectivity index (χ0) is 15.2. The topological polar surface area (TPSA) is 76.4 Å². The smallest absolute Gasteiger partial charge is 0.211 e. The van der Waals surface area contributed by atoms with Crippen LogP contribution < -0.4 is 5.32 Å². The largest absolute Gasteiger partial charge is 0.312 e. The number of sulfone groups is 1. The molecule has 0 saturated carbocycles. The zero-order valence-corrected chi connectivity index (χ0v) is 12.5. The fraction of sp³-hybridized carbons (Fsp3) is 0.200. The molecule has 1 aromatic carbocycles. The maximum absolute atomic E-state index is 12.8. The Hall–Kier alpha value is -2.25. The molecule has 0 unspecified atom stereocenters. The van der Waals surface area contributed by atoms with Gasteiger partial charge in [-0.05, 0) is 12.1 Å². The van der Waals surface area contributed by atoms with Crippen molar-refractivity contribution in [2.75, 3.05) is 6.54 Å². The van der Waals surface area contributed by atoms with Gasteiger partial charge in [0.2, 0.25) is 9.84 Å². The van der Waals surface area contributed by atoms with E-state index < -0.39 is 9.84 Å². The van der Waals surface area contributed by atoms with Gasteiger partial charge in [0.15, 0.2) is 5.65 Å². The number of hydrogen-bond acceptors (Lipinski definition) is 5. The summed E-state index contributed by atoms with van der Waals surface area (Å²) in [6.07, 6.45) is 3.94. The van der Waals surface area contributed by atoms with E-state index in [4.69, 9.17) is 0 Å². The van der Waals surface area contributed by atoms with E-state index in [-0.39, 0.29) is 9.79 Å². The summed E-state index contributed by atoms with van der Waals surface area (Å²) in [5.74, 6) is 0. The number of nitrogens with zero attached hydrogens (tertiary/aromatic N) is 3. The fourth-order valence-corrected chi connectivity index (χ4v) is 4.09. The summed E-state index contributed by atoms with van der Waals surface area (Å²) in [6.45, 7) is 1.59. The average Bonchev–Trinajstić information content (AvgIpc) is 3.01. The van der Waals surface area contributed by atoms with E-state index in [9.17, 15) is 8.42 Å². The highest BCUT2D eigenvalue weighted by Crippen LogP contribution is 2.25. The van der Waals surface area contributed by atoms with Crippen LogP contribution >= 0.6 is 0 Å². The molecule has 7 heteroatoms. The minimum atomic E-state index is -3.61. The Balaban J connectivity index is 1.94. The Morgan fingerprint density at radius 2 is 1.95 bits per heavy atom. The third-order valence-electron chi connectivity index (χ3n) is 3.88. The van der Waals surface area contributed by atoms with Gasteiger partial charge >= 0.3 is 0 Å². The Labute approximate surface area is 127 Å². The second-order valence-corrected chi connectivity index (χ2v) is 7.14. The lowest BCUT2D eigenvalue weighted by Crippen LogP contribution is -2.26. The predicted octanol–water partition coefficient (Wildman–Crippen LogP) is 1.21. The van der Waals surface area contributed by atoms with E-state index in [0.29, 0.717) is 5.65 Å². The summed E-state index contributed by atoms with van der Waals surface area (Å²) < 4.78 is 27.2. The second-order valence-electron chi connectivity index (χ2n) is 5.22. The Morgan fingerprint density at radius 1 is 1.14 bits per heavy atom. The zero-order valence-electron chi connectivity index (χ0n) is 11.7. The Morgan fingerprint density at radius 3 is 2.77 bits per heavy atom. The molecule has 0 atom stereocenters. The standard InChI is InChI=1S/C15H14N4O2S/c20-22(21,12-4-2-1-3-5-12)14-10-18-19-13-6-7-16-8-11(13)9-17-15(14)19/h1-5,9-10,16H,6-8H2. The second kappa shape index (κ2) is 4.89. The van der Waals surface area contributed by atoms with E-state index in [1.54, 1.807) is 41.0 Å². The number of fused-ring (bicyclic) bond motifs is 3. The van der Waals surface area contributed by atoms with Crippen molar-refractivity contribution in [1.82, 2.24) is 19.9 Å². The monoisotopic (exact) mass is 314 g/mol. The molecule has 0 spiro atoms. The van der Waals surface area contributed by atoms with Crippen molar-refractivity contribution in [1.29, 1.82) is 0 Å². The average molecular weight is 314 g/mol. The van der Waals surface area contributed by atoms with Crippen molar-refractivity contribution >= 4 is 15.5 Å². The number of benzene rings is 1. The molecule has 4 rings (SSSR count). The van der Waals surface area contributed by atoms with Crippen LogP contribution in [-0.2, 0) is 22.8 Å². The normalized spacial score (nSPS) is 14.9. The van der Waals surface area contributed by atoms with Gasteiger partial charge in [-0.1, -0.05) is 18.2 Å². The van der Waals surface area contributed by atoms with Gasteiger partial charge in [0.25, 0.3) is 0 Å². The lowest BCUT2D eigenvalue weighted by Gasteiger charge is -2.17. The maximum Gasteiger partial charge on any atom is 0.211 e. The summed E-state index contributed by atoms with van der Waals surface area (Å²) >= 11 is 0. The highest BCUT2D eigenvalue weighted by atomic mass is 32.2. The summed E-state index contributed by atoms with van der Waals surface area (Å²) in [7, 11) is -3.61. The Kier molecular flexibility index (Phi) is 2.98. The minimum Gasteiger partial charge on any atom is -0.312 e. The summed E-state index contributed by atoms with van der Waals surface area (Å²) in [5.41, 5.74) is 2.48. The lowest BCUT2D eigenvalue weighted by atomic mass is 10.1. The molecule has 0 saturated heterocycles. The predicted molar refractivity (Wildman–Crippen MR) is 80.3 cm³/mol. The van der Waals surface area contributed by atoms with Gasteiger partial charge in [-0.2, -0.15) is 5.10 Å². The van der Waals surface area contributed by atoms with E-state index >= 15 is 0 Å². The summed E-state index contributed by atoms with van der Waals surface area (Å²) in [4.78, 5) is 4.74. The maximum atomic E-state index is 12.8. The third-order valence-corrected chi connectivity index (χ3v) is 5.64. The molecule has 0 radical (unpaired) electrons. The van der Waals surface area contributed by atoms with Crippen LogP contribution in [0, 0.1) is 0 Å². The van der Waals surface area contributed by atoms with Crippen molar-refractivity contribution in [3.63, 3.8) is 0 Å². The first-order valence-corrected chi connectivity index (χ1v) is 8.51. The van der Waals surface area contributed by atoms with E-state index in [1.165, 1.54) is 6.20 Å². The van der Waals surface area contributed by atoms with Gasteiger partial charge in [-0.25, -0.2) is 17.9 Å². The molecule has 0 amide bonds. The first-order chi connectivity index (χ1) is 10.7. The minimum absolute atomic E-state index is 0.153. The van der Waals surface area contributed by atoms with E-state index in [0.717, 1.165) is 30.8 Å². The van der Waals surface area contributed by atoms with E-state index in [1.807, 2.05) is 0 Å². The van der Waals surface area contributed by atoms with Gasteiger partial charge in [0.05, 0.1) is 16.8 Å². The van der Waals surface area contributed by atoms with Crippen LogP contribution in [0.4, 0.5) is 0 Å². The van der Waals surface area contributed by atoms with Gasteiger partial charge in [-0.3, -0.25) is 0 Å². The van der Waals surface area contributed by atoms with Crippen LogP contribution in [0.2, 0.25) is 0 Å². The molecular formula is C15H14N4O2S. The molecule has 1 aliphatic rings. The molecule has 2 aromatic heterocycles. The van der Waals surface area contributed by atoms with Gasteiger partial charge < -0.3 is 5.32 Å². The molecule has 0 bridgehead atoms. The molecule has 112 valence electrons. The summed E-state index contributed by atoms with van der Waals surface area (Å²) in [6, 6.07) is 8.37. The van der Waals surface area contributed by atoms with Gasteiger partial charge in [-0.15, -0.1) is 0 Å². The molecule has 3 aromatic rings. The molecule has 22 heavy (non-hydrogen) atoms. The molecular weight excluding hydrogens is 300 g/mol. The molecule has 1 N–H and O–H groups in total. The van der Waals surface area contributed by atoms with Crippen molar-refractivity contribution in [3.8, 4) is 0 Å². The molecule has 3 heterocycles. The highest BCUT2D eigenvalue weighted by molar-refractivity contribution is 7.91. The van der Waals surface area contributed by atoms with E-state index in [2.05, 4.69) is 15.4 Å². The number of hydrogen-bond donors (Lipinski definition) is 1. The molecule has 0 aliphatic carbocycles. The third kappa shape index (κ3) is 1.93. The fourth-order valence-electron chi connectivity index (χ4n) is 2.75. The van der Waals surface area contributed by atoms with Crippen LogP contribution in [0.15, 0.2) is 52.5 Å². The van der Waals surface area contributed by atoms with Crippen molar-refractivity contribution in [2.24, 2.45) is 0 Å². The van der Waals surface area contributed by atoms with Gasteiger partial charge in [0, 0.05) is 31.3 Å². The SMILES string of the molecule is O=S(=O)(c1ccccc1)c1cnn2c3c(cnc12)CNCC3. The molecule has 0 fully saturated rings. The number of aromatic nitrogens is 3. The quantitative estimate of drug-likeness (QED) is 0.769. The lowest BCUT2D eigenvalue weighted by molar-refractivity contribution is 0.596. The van der Waals surface area contributed by atoms with Crippen molar-refractivity contribution in [2.45, 2.75) is 22.8 Å². The van der Waals surface area contributed by atoms with Crippen molar-refractivity contribution < 1.29 is 8.42 Å². The van der Waals surface area contributed by atoms with Crippen molar-refractivity contribution in [3.05, 3.63) is 54.0 Å². The molecule has 6 nitrogen and oxygen atoms in total. The number of nitrogens with one attached hydrogen (secondary N) is 1. The van der Waals surface area contributed by atoms with Gasteiger partial charge in [0.1, 0.15) is 4.90 Å². The van der Waals surface area contributed by atoms with Crippen LogP contribution in [0.1, 0.15) is 11.3 Å². The highest BCUT2D eigenvalue weighted by Gasteiger charge is 2.25. The van der Waals surface area contributed by atoms with Crippen LogP contribution in [0.5, 0.6) is 0 Å². The Bertz CT molecular complexity index is 948. The van der Waals surface area contributed by atoms with Crippen LogP contribution in [0.25, 0.3) is 5.65 Å². The molecule has 1 aliphatic heterocycles. The summed E-state index contributed by atoms with van der Waals surface area (Å²) in [5, 5.41) is 7.54. The first-order valence-electron chi connectivity index (χ1n) is 7.03. The van der Waals surface area contributed by atoms with Crippen LogP contribution in [0.3, 0.4) is 0 Å². The first kappa shape index (κ1) is 13.4.